The molecule has 8 nitrogen and oxygen atoms in total. The van der Waals surface area contributed by atoms with Gasteiger partial charge in [0.05, 0.1) is 12.1 Å². The Hall–Kier alpha value is -4.17. The van der Waals surface area contributed by atoms with Crippen LogP contribution in [0.5, 0.6) is 0 Å². The van der Waals surface area contributed by atoms with Crippen LogP contribution in [0.3, 0.4) is 0 Å². The van der Waals surface area contributed by atoms with Crippen LogP contribution in [0.15, 0.2) is 60.8 Å². The number of carbonyl (C=O) groups excluding carboxylic acids is 1. The first-order valence-corrected chi connectivity index (χ1v) is 14.4. The van der Waals surface area contributed by atoms with Crippen molar-refractivity contribution in [2.75, 3.05) is 49.5 Å². The van der Waals surface area contributed by atoms with E-state index in [0.29, 0.717) is 54.9 Å². The number of halogens is 6. The van der Waals surface area contributed by atoms with Crippen LogP contribution in [0, 0.1) is 0 Å². The third-order valence-electron chi connectivity index (χ3n) is 8.10. The van der Waals surface area contributed by atoms with Crippen LogP contribution < -0.4 is 10.2 Å². The Morgan fingerprint density at radius 1 is 0.911 bits per heavy atom. The van der Waals surface area contributed by atoms with Crippen LogP contribution in [-0.2, 0) is 17.5 Å². The zero-order valence-electron chi connectivity index (χ0n) is 24.0. The lowest BCUT2D eigenvalue weighted by atomic mass is 9.99. The molecular formula is C31H31F6N5O3. The lowest BCUT2D eigenvalue weighted by Crippen LogP contribution is -2.47. The van der Waals surface area contributed by atoms with E-state index in [1.807, 2.05) is 4.90 Å². The van der Waals surface area contributed by atoms with Crippen molar-refractivity contribution in [3.63, 3.8) is 0 Å². The molecule has 2 saturated heterocycles. The third kappa shape index (κ3) is 7.92. The summed E-state index contributed by atoms with van der Waals surface area (Å²) in [6, 6.07) is 10.9. The van der Waals surface area contributed by atoms with Gasteiger partial charge in [0.25, 0.3) is 5.91 Å². The summed E-state index contributed by atoms with van der Waals surface area (Å²) in [5.41, 5.74) is 1.43. The van der Waals surface area contributed by atoms with Gasteiger partial charge in [0.15, 0.2) is 0 Å². The summed E-state index contributed by atoms with van der Waals surface area (Å²) in [5.74, 6) is -1.29. The molecule has 0 bridgehead atoms. The van der Waals surface area contributed by atoms with Crippen molar-refractivity contribution in [2.24, 2.45) is 0 Å². The number of aromatic nitrogens is 1. The number of carboxylic acids is 1. The first-order chi connectivity index (χ1) is 21.3. The number of carboxylic acid groups (broad SMARTS) is 1. The minimum atomic E-state index is -4.54. The highest BCUT2D eigenvalue weighted by atomic mass is 19.4. The number of amides is 1. The average Bonchev–Trinajstić information content (AvgIpc) is 3.46. The summed E-state index contributed by atoms with van der Waals surface area (Å²) in [6.07, 6.45) is -7.34. The molecule has 1 amide bonds. The molecule has 1 aromatic heterocycles. The number of aliphatic carboxylic acids is 1. The number of anilines is 2. The number of nitrogens with one attached hydrogen (secondary N) is 1. The molecule has 2 aliphatic heterocycles. The van der Waals surface area contributed by atoms with Crippen molar-refractivity contribution in [2.45, 2.75) is 37.8 Å². The SMILES string of the molecule is O=C(O)CN1CCN(c2ccc(C(=O)Nc3cc(CN4CCC[C@H]4C(F)(F)F)c(-c4ccc(C(F)(F)F)cc4)cn3)cc2)CC1. The van der Waals surface area contributed by atoms with Gasteiger partial charge in [-0.2, -0.15) is 26.3 Å². The molecule has 0 spiro atoms. The second-order valence-corrected chi connectivity index (χ2v) is 11.1. The lowest BCUT2D eigenvalue weighted by Gasteiger charge is -2.35. The van der Waals surface area contributed by atoms with E-state index in [2.05, 4.69) is 15.2 Å². The largest absolute Gasteiger partial charge is 0.480 e. The van der Waals surface area contributed by atoms with Gasteiger partial charge in [-0.15, -0.1) is 0 Å². The number of piperazine rings is 1. The van der Waals surface area contributed by atoms with E-state index in [1.54, 1.807) is 24.3 Å². The normalized spacial score (nSPS) is 18.3. The molecule has 5 rings (SSSR count). The molecule has 0 radical (unpaired) electrons. The van der Waals surface area contributed by atoms with Gasteiger partial charge in [0.1, 0.15) is 11.9 Å². The second kappa shape index (κ2) is 13.1. The molecule has 3 aromatic rings. The molecule has 2 aromatic carbocycles. The molecule has 0 unspecified atom stereocenters. The van der Waals surface area contributed by atoms with Gasteiger partial charge in [-0.1, -0.05) is 12.1 Å². The van der Waals surface area contributed by atoms with Gasteiger partial charge < -0.3 is 15.3 Å². The van der Waals surface area contributed by atoms with E-state index in [-0.39, 0.29) is 31.9 Å². The fourth-order valence-corrected chi connectivity index (χ4v) is 5.77. The van der Waals surface area contributed by atoms with Crippen molar-refractivity contribution in [1.29, 1.82) is 0 Å². The van der Waals surface area contributed by atoms with Crippen molar-refractivity contribution in [3.8, 4) is 11.1 Å². The van der Waals surface area contributed by atoms with E-state index in [4.69, 9.17) is 5.11 Å². The Bertz CT molecular complexity index is 1500. The predicted octanol–water partition coefficient (Wildman–Crippen LogP) is 5.75. The van der Waals surface area contributed by atoms with Crippen LogP contribution >= 0.6 is 0 Å². The van der Waals surface area contributed by atoms with E-state index < -0.39 is 35.8 Å². The number of nitrogens with zero attached hydrogens (tertiary/aromatic N) is 4. The van der Waals surface area contributed by atoms with Crippen LogP contribution in [0.2, 0.25) is 0 Å². The van der Waals surface area contributed by atoms with E-state index >= 15 is 0 Å². The maximum atomic E-state index is 13.7. The van der Waals surface area contributed by atoms with Gasteiger partial charge in [-0.05, 0) is 73.0 Å². The molecule has 14 heteroatoms. The van der Waals surface area contributed by atoms with E-state index in [1.165, 1.54) is 29.3 Å². The summed E-state index contributed by atoms with van der Waals surface area (Å²) in [5, 5.41) is 11.7. The Labute approximate surface area is 255 Å². The molecule has 2 aliphatic rings. The molecular weight excluding hydrogens is 604 g/mol. The second-order valence-electron chi connectivity index (χ2n) is 11.1. The average molecular weight is 636 g/mol. The molecule has 0 saturated carbocycles. The third-order valence-corrected chi connectivity index (χ3v) is 8.10. The lowest BCUT2D eigenvalue weighted by molar-refractivity contribution is -0.177. The molecule has 2 fully saturated rings. The van der Waals surface area contributed by atoms with Crippen LogP contribution in [0.4, 0.5) is 37.8 Å². The molecule has 45 heavy (non-hydrogen) atoms. The quantitative estimate of drug-likeness (QED) is 0.305. The van der Waals surface area contributed by atoms with Gasteiger partial charge in [-0.3, -0.25) is 19.4 Å². The topological polar surface area (TPSA) is 89.0 Å². The Morgan fingerprint density at radius 2 is 1.58 bits per heavy atom. The number of rotatable bonds is 8. The summed E-state index contributed by atoms with van der Waals surface area (Å²) in [6.45, 7) is 2.47. The maximum absolute atomic E-state index is 13.7. The summed E-state index contributed by atoms with van der Waals surface area (Å²) in [4.78, 5) is 33.5. The molecule has 3 heterocycles. The molecule has 2 N–H and O–H groups in total. The Morgan fingerprint density at radius 3 is 2.18 bits per heavy atom. The Kier molecular flexibility index (Phi) is 9.35. The van der Waals surface area contributed by atoms with Crippen molar-refractivity contribution in [1.82, 2.24) is 14.8 Å². The van der Waals surface area contributed by atoms with Crippen LogP contribution in [0.1, 0.15) is 34.3 Å². The highest BCUT2D eigenvalue weighted by Gasteiger charge is 2.45. The van der Waals surface area contributed by atoms with Gasteiger partial charge in [0.2, 0.25) is 0 Å². The van der Waals surface area contributed by atoms with Crippen LogP contribution in [0.25, 0.3) is 11.1 Å². The fraction of sp³-hybridized carbons (Fsp3) is 0.387. The number of hydrogen-bond acceptors (Lipinski definition) is 6. The van der Waals surface area contributed by atoms with Crippen molar-refractivity contribution in [3.05, 3.63) is 77.5 Å². The number of alkyl halides is 6. The zero-order valence-corrected chi connectivity index (χ0v) is 24.0. The summed E-state index contributed by atoms with van der Waals surface area (Å²) >= 11 is 0. The van der Waals surface area contributed by atoms with Crippen molar-refractivity contribution < 1.29 is 41.0 Å². The molecule has 1 atom stereocenters. The van der Waals surface area contributed by atoms with Crippen molar-refractivity contribution >= 4 is 23.4 Å². The van der Waals surface area contributed by atoms with Gasteiger partial charge in [0, 0.05) is 55.7 Å². The summed E-state index contributed by atoms with van der Waals surface area (Å²) in [7, 11) is 0. The molecule has 240 valence electrons. The van der Waals surface area contributed by atoms with Gasteiger partial charge in [-0.25, -0.2) is 4.98 Å². The molecule has 0 aliphatic carbocycles. The number of hydrogen-bond donors (Lipinski definition) is 2. The predicted molar refractivity (Wildman–Crippen MR) is 155 cm³/mol. The van der Waals surface area contributed by atoms with Crippen LogP contribution in [-0.4, -0.2) is 83.3 Å². The Balaban J connectivity index is 1.33. The minimum Gasteiger partial charge on any atom is -0.480 e. The number of likely N-dealkylation sites (tertiary alicyclic amines) is 1. The number of carbonyl (C=O) groups is 2. The maximum Gasteiger partial charge on any atom is 0.416 e. The minimum absolute atomic E-state index is 0.0189. The van der Waals surface area contributed by atoms with Gasteiger partial charge >= 0.3 is 18.3 Å². The number of pyridine rings is 1. The fourth-order valence-electron chi connectivity index (χ4n) is 5.77. The monoisotopic (exact) mass is 635 g/mol. The highest BCUT2D eigenvalue weighted by molar-refractivity contribution is 6.04. The van der Waals surface area contributed by atoms with E-state index in [0.717, 1.165) is 17.8 Å². The summed E-state index contributed by atoms with van der Waals surface area (Å²) < 4.78 is 80.5. The first kappa shape index (κ1) is 32.2. The first-order valence-electron chi connectivity index (χ1n) is 14.4. The highest BCUT2D eigenvalue weighted by Crippen LogP contribution is 2.36. The standard InChI is InChI=1S/C31H31F6N5O3/c32-30(33,34)23-7-3-20(4-8-23)25-17-38-27(16-22(25)18-42-11-1-2-26(42)31(35,36)37)39-29(45)21-5-9-24(10-6-21)41-14-12-40(13-15-41)19-28(43)44/h3-10,16-17,26H,1-2,11-15,18-19H2,(H,43,44)(H,38,39,45)/t26-/m0/s1. The number of benzene rings is 2. The van der Waals surface area contributed by atoms with E-state index in [9.17, 15) is 35.9 Å². The zero-order chi connectivity index (χ0) is 32.4. The smallest absolute Gasteiger partial charge is 0.416 e.